The molecule has 0 aromatic rings. The third-order valence-corrected chi connectivity index (χ3v) is 6.30. The van der Waals surface area contributed by atoms with Gasteiger partial charge in [-0.2, -0.15) is 0 Å². The van der Waals surface area contributed by atoms with Gasteiger partial charge in [-0.15, -0.1) is 0 Å². The van der Waals surface area contributed by atoms with Crippen molar-refractivity contribution in [1.29, 1.82) is 0 Å². The maximum absolute atomic E-state index is 2.30. The molecule has 29 heavy (non-hydrogen) atoms. The van der Waals surface area contributed by atoms with Gasteiger partial charge in [0.2, 0.25) is 0 Å². The number of nitrogens with zero attached hydrogens (tertiary/aromatic N) is 1. The van der Waals surface area contributed by atoms with Gasteiger partial charge >= 0.3 is 0 Å². The molecule has 0 aromatic carbocycles. The van der Waals surface area contributed by atoms with Crippen LogP contribution in [0.15, 0.2) is 0 Å². The molecule has 0 aliphatic rings. The molecule has 0 bridgehead atoms. The normalized spacial score (nSPS) is 11.6. The van der Waals surface area contributed by atoms with E-state index in [0.29, 0.717) is 0 Å². The lowest BCUT2D eigenvalue weighted by atomic mass is 10.0. The first-order valence-electron chi connectivity index (χ1n) is 13.8. The van der Waals surface area contributed by atoms with E-state index in [-0.39, 0.29) is 0 Å². The Balaban J connectivity index is 2.98. The Bertz CT molecular complexity index is 273. The van der Waals surface area contributed by atoms with Crippen molar-refractivity contribution in [3.05, 3.63) is 6.54 Å². The first kappa shape index (κ1) is 29.0. The Morgan fingerprint density at radius 3 is 0.862 bits per heavy atom. The van der Waals surface area contributed by atoms with Crippen LogP contribution in [-0.2, 0) is 0 Å². The average Bonchev–Trinajstić information content (AvgIpc) is 2.71. The number of rotatable bonds is 25. The topological polar surface area (TPSA) is 3.24 Å². The molecule has 0 N–H and O–H groups in total. The number of unbranched alkanes of at least 4 members (excludes halogenated alkanes) is 23. The van der Waals surface area contributed by atoms with Crippen LogP contribution in [0.3, 0.4) is 0 Å². The Hall–Kier alpha value is -0.0400. The van der Waals surface area contributed by atoms with Gasteiger partial charge in [0.25, 0.3) is 0 Å². The van der Waals surface area contributed by atoms with Crippen LogP contribution in [0, 0.1) is 6.54 Å². The van der Waals surface area contributed by atoms with Crippen molar-refractivity contribution in [2.75, 3.05) is 14.1 Å². The molecule has 0 aromatic heterocycles. The highest BCUT2D eigenvalue weighted by molar-refractivity contribution is 4.60. The standard InChI is InChI=1S/C28H58N/c1-4-5-6-7-8-9-10-11-12-13-14-15-16-17-18-19-20-21-22-23-24-25-26-27-28-29(2)3/h28H,4-27H2,1-3H3. The van der Waals surface area contributed by atoms with Gasteiger partial charge in [0.1, 0.15) is 0 Å². The second-order valence-electron chi connectivity index (χ2n) is 9.71. The van der Waals surface area contributed by atoms with Crippen molar-refractivity contribution in [3.63, 3.8) is 0 Å². The van der Waals surface area contributed by atoms with Crippen molar-refractivity contribution >= 4 is 0 Å². The SMILES string of the molecule is CCCCCCCCCCCCCCCCCCCCCCCCC[CH]N(C)C. The van der Waals surface area contributed by atoms with Crippen LogP contribution < -0.4 is 0 Å². The van der Waals surface area contributed by atoms with Crippen LogP contribution >= 0.6 is 0 Å². The van der Waals surface area contributed by atoms with Crippen LogP contribution in [-0.4, -0.2) is 19.0 Å². The van der Waals surface area contributed by atoms with E-state index in [2.05, 4.69) is 32.5 Å². The zero-order valence-corrected chi connectivity index (χ0v) is 21.0. The maximum atomic E-state index is 2.30. The quantitative estimate of drug-likeness (QED) is 0.136. The van der Waals surface area contributed by atoms with Crippen molar-refractivity contribution in [2.45, 2.75) is 161 Å². The van der Waals surface area contributed by atoms with Crippen molar-refractivity contribution in [2.24, 2.45) is 0 Å². The summed E-state index contributed by atoms with van der Waals surface area (Å²) in [7, 11) is 4.25. The molecule has 1 nitrogen and oxygen atoms in total. The molecule has 0 spiro atoms. The van der Waals surface area contributed by atoms with Gasteiger partial charge in [-0.25, -0.2) is 0 Å². The van der Waals surface area contributed by atoms with E-state index in [9.17, 15) is 0 Å². The summed E-state index contributed by atoms with van der Waals surface area (Å²) in [6.07, 6.45) is 35.0. The van der Waals surface area contributed by atoms with E-state index in [4.69, 9.17) is 0 Å². The minimum atomic E-state index is 1.26. The fraction of sp³-hybridized carbons (Fsp3) is 0.964. The molecule has 0 heterocycles. The molecule has 0 amide bonds. The lowest BCUT2D eigenvalue weighted by molar-refractivity contribution is 0.460. The van der Waals surface area contributed by atoms with Crippen LogP contribution in [0.4, 0.5) is 0 Å². The summed E-state index contributed by atoms with van der Waals surface area (Å²) in [5, 5.41) is 0. The van der Waals surface area contributed by atoms with Gasteiger partial charge in [0, 0.05) is 6.54 Å². The molecule has 1 heteroatoms. The Kier molecular flexibility index (Phi) is 26.0. The Morgan fingerprint density at radius 2 is 0.621 bits per heavy atom. The minimum absolute atomic E-state index is 1.26. The molecule has 0 saturated carbocycles. The predicted molar refractivity (Wildman–Crippen MR) is 134 cm³/mol. The molecule has 0 aliphatic heterocycles. The van der Waals surface area contributed by atoms with Gasteiger partial charge in [0.15, 0.2) is 0 Å². The van der Waals surface area contributed by atoms with Crippen molar-refractivity contribution in [3.8, 4) is 0 Å². The second kappa shape index (κ2) is 26.0. The molecule has 175 valence electrons. The summed E-state index contributed by atoms with van der Waals surface area (Å²) in [6.45, 7) is 4.61. The van der Waals surface area contributed by atoms with Crippen LogP contribution in [0.25, 0.3) is 0 Å². The second-order valence-corrected chi connectivity index (χ2v) is 9.71. The molecule has 1 radical (unpaired) electrons. The van der Waals surface area contributed by atoms with Gasteiger partial charge in [0.05, 0.1) is 0 Å². The van der Waals surface area contributed by atoms with Gasteiger partial charge in [-0.05, 0) is 20.5 Å². The highest BCUT2D eigenvalue weighted by Crippen LogP contribution is 2.15. The zero-order chi connectivity index (χ0) is 21.3. The largest absolute Gasteiger partial charge is 0.305 e. The molecule has 0 fully saturated rings. The van der Waals surface area contributed by atoms with Crippen molar-refractivity contribution < 1.29 is 0 Å². The van der Waals surface area contributed by atoms with Crippen molar-refractivity contribution in [1.82, 2.24) is 4.90 Å². The van der Waals surface area contributed by atoms with E-state index in [0.717, 1.165) is 0 Å². The third kappa shape index (κ3) is 28.0. The highest BCUT2D eigenvalue weighted by atomic mass is 15.0. The highest BCUT2D eigenvalue weighted by Gasteiger charge is 1.96. The number of hydrogen-bond acceptors (Lipinski definition) is 1. The molecule has 0 saturated heterocycles. The van der Waals surface area contributed by atoms with Crippen LogP contribution in [0.5, 0.6) is 0 Å². The van der Waals surface area contributed by atoms with E-state index in [1.54, 1.807) is 0 Å². The fourth-order valence-electron chi connectivity index (χ4n) is 4.28. The average molecular weight is 409 g/mol. The lowest BCUT2D eigenvalue weighted by Crippen LogP contribution is -2.06. The van der Waals surface area contributed by atoms with Crippen LogP contribution in [0.2, 0.25) is 0 Å². The Labute approximate surface area is 186 Å². The number of hydrogen-bond donors (Lipinski definition) is 0. The smallest absolute Gasteiger partial charge is 0.0245 e. The Morgan fingerprint density at radius 1 is 0.379 bits per heavy atom. The van der Waals surface area contributed by atoms with Crippen LogP contribution in [0.1, 0.15) is 161 Å². The summed E-state index contributed by atoms with van der Waals surface area (Å²) in [4.78, 5) is 2.18. The van der Waals surface area contributed by atoms with E-state index in [1.165, 1.54) is 154 Å². The summed E-state index contributed by atoms with van der Waals surface area (Å²) >= 11 is 0. The van der Waals surface area contributed by atoms with E-state index >= 15 is 0 Å². The molecular weight excluding hydrogens is 350 g/mol. The molecule has 0 unspecified atom stereocenters. The lowest BCUT2D eigenvalue weighted by Gasteiger charge is -2.07. The third-order valence-electron chi connectivity index (χ3n) is 6.30. The predicted octanol–water partition coefficient (Wildman–Crippen LogP) is 10.1. The summed E-state index contributed by atoms with van der Waals surface area (Å²) in [6, 6.07) is 0. The first-order valence-corrected chi connectivity index (χ1v) is 13.8. The molecule has 0 atom stereocenters. The van der Waals surface area contributed by atoms with E-state index < -0.39 is 0 Å². The monoisotopic (exact) mass is 408 g/mol. The molecular formula is C28H58N. The summed E-state index contributed by atoms with van der Waals surface area (Å²) in [5.41, 5.74) is 0. The van der Waals surface area contributed by atoms with Gasteiger partial charge in [-0.1, -0.05) is 155 Å². The summed E-state index contributed by atoms with van der Waals surface area (Å²) in [5.74, 6) is 0. The zero-order valence-electron chi connectivity index (χ0n) is 21.0. The van der Waals surface area contributed by atoms with Gasteiger partial charge < -0.3 is 4.90 Å². The maximum Gasteiger partial charge on any atom is 0.0245 e. The van der Waals surface area contributed by atoms with Gasteiger partial charge in [-0.3, -0.25) is 0 Å². The van der Waals surface area contributed by atoms with E-state index in [1.807, 2.05) is 0 Å². The molecule has 0 aliphatic carbocycles. The molecule has 0 rings (SSSR count). The minimum Gasteiger partial charge on any atom is -0.305 e. The first-order chi connectivity index (χ1) is 14.3. The summed E-state index contributed by atoms with van der Waals surface area (Å²) < 4.78 is 0. The fourth-order valence-corrected chi connectivity index (χ4v) is 4.28.